The summed E-state index contributed by atoms with van der Waals surface area (Å²) in [6.45, 7) is 3.58. The van der Waals surface area contributed by atoms with Gasteiger partial charge in [0.2, 0.25) is 0 Å². The van der Waals surface area contributed by atoms with Crippen molar-refractivity contribution >= 4 is 34.9 Å². The fraction of sp³-hybridized carbons (Fsp3) is 0.200. The molecule has 0 heterocycles. The molecule has 0 aliphatic rings. The van der Waals surface area contributed by atoms with Crippen molar-refractivity contribution in [1.82, 2.24) is 0 Å². The molecular weight excluding hydrogens is 379 g/mol. The molecule has 148 valence electrons. The van der Waals surface area contributed by atoms with Crippen LogP contribution in [-0.4, -0.2) is 24.0 Å². The van der Waals surface area contributed by atoms with E-state index in [1.165, 1.54) is 0 Å². The number of benzene rings is 3. The third-order valence-corrected chi connectivity index (χ3v) is 9.08. The highest BCUT2D eigenvalue weighted by Gasteiger charge is 2.47. The number of rotatable bonds is 8. The number of ether oxygens (including phenoxy) is 1. The summed E-state index contributed by atoms with van der Waals surface area (Å²) < 4.78 is 5.21. The first kappa shape index (κ1) is 21.0. The van der Waals surface area contributed by atoms with E-state index in [4.69, 9.17) is 4.74 Å². The Balaban J connectivity index is 2.10. The van der Waals surface area contributed by atoms with E-state index in [0.717, 1.165) is 15.9 Å². The van der Waals surface area contributed by atoms with Crippen LogP contribution < -0.4 is 15.9 Å². The molecular formula is C25H26O3P+. The Bertz CT molecular complexity index is 841. The number of carbonyl (C=O) groups is 2. The molecule has 0 saturated carbocycles. The van der Waals surface area contributed by atoms with Gasteiger partial charge in [0, 0.05) is 0 Å². The summed E-state index contributed by atoms with van der Waals surface area (Å²) in [5.74, 6) is -0.558. The summed E-state index contributed by atoms with van der Waals surface area (Å²) >= 11 is 0. The first-order chi connectivity index (χ1) is 14.0. The van der Waals surface area contributed by atoms with Crippen molar-refractivity contribution < 1.29 is 14.3 Å². The van der Waals surface area contributed by atoms with Crippen LogP contribution in [0.25, 0.3) is 0 Å². The van der Waals surface area contributed by atoms with Gasteiger partial charge in [-0.3, -0.25) is 9.59 Å². The van der Waals surface area contributed by atoms with Crippen molar-refractivity contribution in [3.05, 3.63) is 91.0 Å². The molecule has 0 atom stereocenters. The van der Waals surface area contributed by atoms with Gasteiger partial charge < -0.3 is 4.74 Å². The lowest BCUT2D eigenvalue weighted by Gasteiger charge is -2.27. The lowest BCUT2D eigenvalue weighted by atomic mass is 10.3. The van der Waals surface area contributed by atoms with E-state index in [1.54, 1.807) is 13.8 Å². The average Bonchev–Trinajstić information content (AvgIpc) is 2.73. The van der Waals surface area contributed by atoms with Crippen LogP contribution in [0.5, 0.6) is 0 Å². The summed E-state index contributed by atoms with van der Waals surface area (Å²) in [6, 6.07) is 30.5. The lowest BCUT2D eigenvalue weighted by molar-refractivity contribution is -0.149. The molecule has 29 heavy (non-hydrogen) atoms. The molecule has 0 aliphatic carbocycles. The van der Waals surface area contributed by atoms with Gasteiger partial charge in [0.15, 0.2) is 5.78 Å². The second-order valence-corrected chi connectivity index (χ2v) is 10.7. The number of carbonyl (C=O) groups excluding carboxylic acids is 2. The fourth-order valence-corrected chi connectivity index (χ4v) is 7.68. The summed E-state index contributed by atoms with van der Waals surface area (Å²) in [5.41, 5.74) is 0. The van der Waals surface area contributed by atoms with Crippen molar-refractivity contribution in [2.24, 2.45) is 0 Å². The number of Topliss-reactive ketones (excluding diaryl/α,β-unsaturated/α-hetero) is 1. The summed E-state index contributed by atoms with van der Waals surface area (Å²) in [5, 5.41) is 3.38. The quantitative estimate of drug-likeness (QED) is 0.324. The third kappa shape index (κ3) is 4.99. The van der Waals surface area contributed by atoms with E-state index < -0.39 is 13.2 Å². The Kier molecular flexibility index (Phi) is 6.95. The molecule has 0 aromatic heterocycles. The molecule has 3 aromatic carbocycles. The van der Waals surface area contributed by atoms with Gasteiger partial charge in [-0.2, -0.15) is 0 Å². The molecule has 0 amide bonds. The highest BCUT2D eigenvalue weighted by molar-refractivity contribution is 7.96. The highest BCUT2D eigenvalue weighted by atomic mass is 31.2. The van der Waals surface area contributed by atoms with Gasteiger partial charge in [0.1, 0.15) is 35.8 Å². The van der Waals surface area contributed by atoms with E-state index in [9.17, 15) is 9.59 Å². The van der Waals surface area contributed by atoms with E-state index >= 15 is 0 Å². The lowest BCUT2D eigenvalue weighted by Crippen LogP contribution is -2.36. The van der Waals surface area contributed by atoms with Crippen LogP contribution in [0, 0.1) is 0 Å². The minimum absolute atomic E-state index is 0.0967. The Morgan fingerprint density at radius 1 is 0.724 bits per heavy atom. The zero-order valence-electron chi connectivity index (χ0n) is 16.8. The third-order valence-electron chi connectivity index (χ3n) is 4.71. The molecule has 4 heteroatoms. The standard InChI is InChI=1S/C25H26O3P/c1-20(2)28-25(27)18-21(26)19-29(22-12-6-3-7-13-22,23-14-8-4-9-15-23)24-16-10-5-11-17-24/h3-17,20H,18-19H2,1-2H3/q+1. The second-order valence-electron chi connectivity index (χ2n) is 7.23. The first-order valence-electron chi connectivity index (χ1n) is 9.78. The predicted molar refractivity (Wildman–Crippen MR) is 121 cm³/mol. The van der Waals surface area contributed by atoms with Crippen LogP contribution in [0.2, 0.25) is 0 Å². The van der Waals surface area contributed by atoms with Gasteiger partial charge in [0.05, 0.1) is 6.10 Å². The fourth-order valence-electron chi connectivity index (χ4n) is 3.55. The normalized spacial score (nSPS) is 11.3. The Morgan fingerprint density at radius 2 is 1.10 bits per heavy atom. The highest BCUT2D eigenvalue weighted by Crippen LogP contribution is 2.55. The number of hydrogen-bond acceptors (Lipinski definition) is 3. The Hall–Kier alpha value is -2.77. The molecule has 0 bridgehead atoms. The van der Waals surface area contributed by atoms with Crippen molar-refractivity contribution in [1.29, 1.82) is 0 Å². The molecule has 3 aromatic rings. The van der Waals surface area contributed by atoms with E-state index in [2.05, 4.69) is 36.4 Å². The van der Waals surface area contributed by atoms with Gasteiger partial charge in [-0.25, -0.2) is 0 Å². The molecule has 0 fully saturated rings. The average molecular weight is 405 g/mol. The number of esters is 1. The molecule has 0 spiro atoms. The van der Waals surface area contributed by atoms with Crippen molar-refractivity contribution in [2.45, 2.75) is 26.4 Å². The van der Waals surface area contributed by atoms with Crippen LogP contribution in [-0.2, 0) is 14.3 Å². The van der Waals surface area contributed by atoms with E-state index in [1.807, 2.05) is 54.6 Å². The van der Waals surface area contributed by atoms with Gasteiger partial charge in [-0.05, 0) is 50.2 Å². The molecule has 3 rings (SSSR count). The minimum Gasteiger partial charge on any atom is -0.463 e. The summed E-state index contributed by atoms with van der Waals surface area (Å²) in [4.78, 5) is 25.2. The largest absolute Gasteiger partial charge is 0.463 e. The minimum atomic E-state index is -2.26. The SMILES string of the molecule is CC(C)OC(=O)CC(=O)C[P+](c1ccccc1)(c1ccccc1)c1ccccc1. The summed E-state index contributed by atoms with van der Waals surface area (Å²) in [6.07, 6.45) is -0.141. The smallest absolute Gasteiger partial charge is 0.313 e. The zero-order chi connectivity index (χ0) is 20.7. The number of ketones is 1. The molecule has 0 unspecified atom stereocenters. The first-order valence-corrected chi connectivity index (χ1v) is 11.8. The van der Waals surface area contributed by atoms with Crippen LogP contribution in [0.4, 0.5) is 0 Å². The molecule has 0 aliphatic heterocycles. The van der Waals surface area contributed by atoms with Gasteiger partial charge in [-0.1, -0.05) is 54.6 Å². The van der Waals surface area contributed by atoms with Gasteiger partial charge >= 0.3 is 5.97 Å². The maximum atomic E-state index is 13.1. The molecule has 3 nitrogen and oxygen atoms in total. The van der Waals surface area contributed by atoms with Crippen LogP contribution in [0.1, 0.15) is 20.3 Å². The predicted octanol–water partition coefficient (Wildman–Crippen LogP) is 3.89. The molecule has 0 N–H and O–H groups in total. The van der Waals surface area contributed by atoms with Crippen LogP contribution in [0.15, 0.2) is 91.0 Å². The van der Waals surface area contributed by atoms with Crippen LogP contribution >= 0.6 is 7.26 Å². The molecule has 0 saturated heterocycles. The van der Waals surface area contributed by atoms with Crippen molar-refractivity contribution in [2.75, 3.05) is 6.16 Å². The van der Waals surface area contributed by atoms with E-state index in [-0.39, 0.29) is 24.5 Å². The maximum absolute atomic E-state index is 13.1. The molecule has 0 radical (unpaired) electrons. The van der Waals surface area contributed by atoms with E-state index in [0.29, 0.717) is 0 Å². The van der Waals surface area contributed by atoms with Crippen LogP contribution in [0.3, 0.4) is 0 Å². The van der Waals surface area contributed by atoms with Crippen molar-refractivity contribution in [3.8, 4) is 0 Å². The maximum Gasteiger partial charge on any atom is 0.313 e. The summed E-state index contributed by atoms with van der Waals surface area (Å²) in [7, 11) is -2.26. The van der Waals surface area contributed by atoms with Crippen molar-refractivity contribution in [3.63, 3.8) is 0 Å². The van der Waals surface area contributed by atoms with Gasteiger partial charge in [-0.15, -0.1) is 0 Å². The zero-order valence-corrected chi connectivity index (χ0v) is 17.7. The number of hydrogen-bond donors (Lipinski definition) is 0. The Labute approximate surface area is 173 Å². The van der Waals surface area contributed by atoms with Gasteiger partial charge in [0.25, 0.3) is 0 Å². The second kappa shape index (κ2) is 9.62. The Morgan fingerprint density at radius 3 is 1.45 bits per heavy atom. The monoisotopic (exact) mass is 405 g/mol. The topological polar surface area (TPSA) is 43.4 Å².